The van der Waals surface area contributed by atoms with Gasteiger partial charge in [0.15, 0.2) is 0 Å². The molecule has 17 heavy (non-hydrogen) atoms. The fraction of sp³-hybridized carbons (Fsp3) is 0.643. The number of hydrogen-bond acceptors (Lipinski definition) is 3. The molecule has 0 aromatic rings. The van der Waals surface area contributed by atoms with Crippen LogP contribution < -0.4 is 0 Å². The van der Waals surface area contributed by atoms with E-state index in [9.17, 15) is 4.79 Å². The van der Waals surface area contributed by atoms with Gasteiger partial charge in [0.25, 0.3) is 0 Å². The van der Waals surface area contributed by atoms with Gasteiger partial charge in [-0.2, -0.15) is 0 Å². The molecule has 3 heteroatoms. The van der Waals surface area contributed by atoms with E-state index in [-0.39, 0.29) is 11.6 Å². The minimum Gasteiger partial charge on any atom is -0.454 e. The number of ether oxygens (including phenoxy) is 1. The maximum absolute atomic E-state index is 11.7. The summed E-state index contributed by atoms with van der Waals surface area (Å²) in [5.41, 5.74) is 0.949. The SMILES string of the molecule is O=C1C=C2C=CC3CC(C2)(O1)C1CCCCN31. The molecular weight excluding hydrogens is 214 g/mol. The van der Waals surface area contributed by atoms with Crippen molar-refractivity contribution >= 4 is 5.97 Å². The van der Waals surface area contributed by atoms with E-state index in [2.05, 4.69) is 17.1 Å². The number of carbonyl (C=O) groups excluding carboxylic acids is 1. The molecule has 0 aromatic heterocycles. The lowest BCUT2D eigenvalue weighted by Crippen LogP contribution is -2.51. The molecule has 0 N–H and O–H groups in total. The van der Waals surface area contributed by atoms with E-state index in [0.717, 1.165) is 25.0 Å². The Kier molecular flexibility index (Phi) is 1.88. The quantitative estimate of drug-likeness (QED) is 0.595. The fourth-order valence-electron chi connectivity index (χ4n) is 4.16. The van der Waals surface area contributed by atoms with E-state index in [0.29, 0.717) is 12.1 Å². The summed E-state index contributed by atoms with van der Waals surface area (Å²) >= 11 is 0. The molecule has 3 heterocycles. The lowest BCUT2D eigenvalue weighted by Gasteiger charge is -2.42. The zero-order valence-corrected chi connectivity index (χ0v) is 9.89. The third kappa shape index (κ3) is 1.29. The number of rotatable bonds is 0. The Balaban J connectivity index is 1.82. The molecule has 3 unspecified atom stereocenters. The molecule has 3 aliphatic heterocycles. The van der Waals surface area contributed by atoms with Crippen LogP contribution in [0.4, 0.5) is 0 Å². The summed E-state index contributed by atoms with van der Waals surface area (Å²) in [6.07, 6.45) is 11.7. The predicted molar refractivity (Wildman–Crippen MR) is 63.4 cm³/mol. The van der Waals surface area contributed by atoms with Gasteiger partial charge in [0, 0.05) is 25.0 Å². The van der Waals surface area contributed by atoms with Gasteiger partial charge in [-0.3, -0.25) is 4.90 Å². The van der Waals surface area contributed by atoms with Crippen LogP contribution in [0.5, 0.6) is 0 Å². The zero-order valence-electron chi connectivity index (χ0n) is 9.89. The second-order valence-corrected chi connectivity index (χ2v) is 5.76. The van der Waals surface area contributed by atoms with Crippen LogP contribution in [0.2, 0.25) is 0 Å². The average molecular weight is 231 g/mol. The summed E-state index contributed by atoms with van der Waals surface area (Å²) in [5, 5.41) is 0. The van der Waals surface area contributed by atoms with E-state index in [1.165, 1.54) is 19.3 Å². The monoisotopic (exact) mass is 231 g/mol. The fourth-order valence-corrected chi connectivity index (χ4v) is 4.16. The van der Waals surface area contributed by atoms with E-state index in [1.807, 2.05) is 0 Å². The van der Waals surface area contributed by atoms with Gasteiger partial charge in [-0.1, -0.05) is 18.6 Å². The molecule has 2 saturated heterocycles. The van der Waals surface area contributed by atoms with Crippen LogP contribution in [-0.4, -0.2) is 35.1 Å². The van der Waals surface area contributed by atoms with Gasteiger partial charge >= 0.3 is 5.97 Å². The van der Waals surface area contributed by atoms with Gasteiger partial charge in [-0.05, 0) is 25.0 Å². The number of hydrogen-bond donors (Lipinski definition) is 0. The van der Waals surface area contributed by atoms with Crippen LogP contribution in [0, 0.1) is 0 Å². The van der Waals surface area contributed by atoms with Gasteiger partial charge < -0.3 is 4.74 Å². The summed E-state index contributed by atoms with van der Waals surface area (Å²) in [7, 11) is 0. The lowest BCUT2D eigenvalue weighted by atomic mass is 9.82. The number of carbonyl (C=O) groups is 1. The molecule has 2 fully saturated rings. The number of esters is 1. The zero-order chi connectivity index (χ0) is 11.5. The molecule has 1 spiro atoms. The summed E-state index contributed by atoms with van der Waals surface area (Å²) < 4.78 is 5.79. The molecule has 3 atom stereocenters. The van der Waals surface area contributed by atoms with Gasteiger partial charge in [-0.25, -0.2) is 4.79 Å². The smallest absolute Gasteiger partial charge is 0.331 e. The van der Waals surface area contributed by atoms with Gasteiger partial charge in [0.2, 0.25) is 0 Å². The van der Waals surface area contributed by atoms with Gasteiger partial charge in [-0.15, -0.1) is 0 Å². The number of piperidine rings is 1. The highest BCUT2D eigenvalue weighted by Gasteiger charge is 2.56. The lowest BCUT2D eigenvalue weighted by molar-refractivity contribution is -0.159. The normalized spacial score (nSPS) is 43.8. The number of nitrogens with zero attached hydrogens (tertiary/aromatic N) is 1. The largest absolute Gasteiger partial charge is 0.454 e. The van der Waals surface area contributed by atoms with Gasteiger partial charge in [0.1, 0.15) is 5.60 Å². The molecule has 3 nitrogen and oxygen atoms in total. The molecule has 0 amide bonds. The Morgan fingerprint density at radius 1 is 1.41 bits per heavy atom. The van der Waals surface area contributed by atoms with Crippen LogP contribution >= 0.6 is 0 Å². The molecule has 90 valence electrons. The highest BCUT2D eigenvalue weighted by Crippen LogP contribution is 2.48. The number of fused-ring (bicyclic) bond motifs is 4. The standard InChI is InChI=1S/C14H17NO2/c16-13-7-10-4-5-11-9-14(8-10,17-13)12-3-1-2-6-15(11)12/h4-5,7,11-12H,1-3,6,8-9H2. The molecule has 0 aromatic carbocycles. The first-order valence-corrected chi connectivity index (χ1v) is 6.64. The molecule has 0 radical (unpaired) electrons. The molecule has 0 saturated carbocycles. The predicted octanol–water partition coefficient (Wildman–Crippen LogP) is 1.80. The highest BCUT2D eigenvalue weighted by atomic mass is 16.6. The van der Waals surface area contributed by atoms with Crippen molar-refractivity contribution in [3.05, 3.63) is 23.8 Å². The van der Waals surface area contributed by atoms with Crippen LogP contribution in [0.15, 0.2) is 23.8 Å². The molecule has 3 bridgehead atoms. The number of allylic oxidation sites excluding steroid dienone is 1. The molecular formula is C14H17NO2. The van der Waals surface area contributed by atoms with E-state index < -0.39 is 0 Å². The van der Waals surface area contributed by atoms with Crippen molar-refractivity contribution in [2.75, 3.05) is 6.54 Å². The summed E-state index contributed by atoms with van der Waals surface area (Å²) in [4.78, 5) is 14.3. The first-order chi connectivity index (χ1) is 8.27. The van der Waals surface area contributed by atoms with Gasteiger partial charge in [0.05, 0.1) is 6.04 Å². The average Bonchev–Trinajstić information content (AvgIpc) is 2.52. The summed E-state index contributed by atoms with van der Waals surface area (Å²) in [5.74, 6) is -0.135. The first-order valence-electron chi connectivity index (χ1n) is 6.64. The van der Waals surface area contributed by atoms with E-state index >= 15 is 0 Å². The van der Waals surface area contributed by atoms with Crippen molar-refractivity contribution in [1.82, 2.24) is 4.90 Å². The Hall–Kier alpha value is -1.09. The first kappa shape index (κ1) is 9.89. The Labute approximate surface area is 101 Å². The van der Waals surface area contributed by atoms with Crippen molar-refractivity contribution < 1.29 is 9.53 Å². The summed E-state index contributed by atoms with van der Waals surface area (Å²) in [6.45, 7) is 1.16. The summed E-state index contributed by atoms with van der Waals surface area (Å²) in [6, 6.07) is 0.941. The van der Waals surface area contributed by atoms with Crippen molar-refractivity contribution in [3.63, 3.8) is 0 Å². The minimum absolute atomic E-state index is 0.135. The third-order valence-electron chi connectivity index (χ3n) is 4.78. The molecule has 4 rings (SSSR count). The van der Waals surface area contributed by atoms with Crippen LogP contribution in [0.3, 0.4) is 0 Å². The van der Waals surface area contributed by atoms with Crippen LogP contribution in [-0.2, 0) is 9.53 Å². The second kappa shape index (κ2) is 3.22. The molecule has 4 aliphatic rings. The van der Waals surface area contributed by atoms with Crippen LogP contribution in [0.1, 0.15) is 32.1 Å². The molecule has 1 aliphatic carbocycles. The Morgan fingerprint density at radius 2 is 2.35 bits per heavy atom. The third-order valence-corrected chi connectivity index (χ3v) is 4.78. The van der Waals surface area contributed by atoms with Crippen molar-refractivity contribution in [3.8, 4) is 0 Å². The minimum atomic E-state index is -0.213. The Morgan fingerprint density at radius 3 is 3.29 bits per heavy atom. The maximum Gasteiger partial charge on any atom is 0.331 e. The van der Waals surface area contributed by atoms with Crippen LogP contribution in [0.25, 0.3) is 0 Å². The van der Waals surface area contributed by atoms with E-state index in [1.54, 1.807) is 6.08 Å². The Bertz CT molecular complexity index is 440. The van der Waals surface area contributed by atoms with Crippen molar-refractivity contribution in [2.45, 2.75) is 49.8 Å². The maximum atomic E-state index is 11.7. The topological polar surface area (TPSA) is 29.5 Å². The van der Waals surface area contributed by atoms with Crippen molar-refractivity contribution in [1.29, 1.82) is 0 Å². The highest BCUT2D eigenvalue weighted by molar-refractivity contribution is 5.85. The second-order valence-electron chi connectivity index (χ2n) is 5.76. The van der Waals surface area contributed by atoms with Crippen molar-refractivity contribution in [2.24, 2.45) is 0 Å². The van der Waals surface area contributed by atoms with E-state index in [4.69, 9.17) is 4.74 Å².